The average molecular weight is 445 g/mol. The molecule has 2 aromatic rings. The SMILES string of the molecule is CC=C(NCc1cc(F)cc(Cl)c1)C1(O)CCN(c2ccc3c(c2)CCOB3O)C1=O. The zero-order valence-corrected chi connectivity index (χ0v) is 17.8. The Hall–Kier alpha value is -2.39. The van der Waals surface area contributed by atoms with Crippen LogP contribution in [0.2, 0.25) is 5.02 Å². The minimum atomic E-state index is -1.70. The van der Waals surface area contributed by atoms with Gasteiger partial charge < -0.3 is 25.0 Å². The average Bonchev–Trinajstić information content (AvgIpc) is 3.03. The monoisotopic (exact) mass is 444 g/mol. The second kappa shape index (κ2) is 8.63. The Morgan fingerprint density at radius 1 is 1.39 bits per heavy atom. The van der Waals surface area contributed by atoms with Crippen LogP contribution in [0.25, 0.3) is 0 Å². The standard InChI is InChI=1S/C22H23BClFN2O4/c1-2-20(26-13-14-9-16(24)12-17(25)10-14)22(29)6-7-27(21(22)28)18-3-4-19-15(11-18)5-8-31-23(19)30/h2-4,9-12,26,29-30H,5-8,13H2,1H3. The number of nitrogens with one attached hydrogen (secondary N) is 1. The summed E-state index contributed by atoms with van der Waals surface area (Å²) in [4.78, 5) is 14.8. The van der Waals surface area contributed by atoms with Crippen molar-refractivity contribution in [2.75, 3.05) is 18.1 Å². The highest BCUT2D eigenvalue weighted by Gasteiger charge is 2.48. The molecule has 0 saturated carbocycles. The van der Waals surface area contributed by atoms with Crippen LogP contribution in [0.4, 0.5) is 10.1 Å². The molecule has 1 amide bonds. The van der Waals surface area contributed by atoms with Gasteiger partial charge in [0.15, 0.2) is 5.60 Å². The summed E-state index contributed by atoms with van der Waals surface area (Å²) in [5.74, 6) is -0.881. The molecular weight excluding hydrogens is 422 g/mol. The molecule has 1 unspecified atom stereocenters. The van der Waals surface area contributed by atoms with Crippen molar-refractivity contribution in [1.29, 1.82) is 0 Å². The van der Waals surface area contributed by atoms with Crippen molar-refractivity contribution in [3.05, 3.63) is 70.1 Å². The van der Waals surface area contributed by atoms with E-state index >= 15 is 0 Å². The minimum Gasteiger partial charge on any atom is -0.423 e. The van der Waals surface area contributed by atoms with Crippen molar-refractivity contribution < 1.29 is 24.0 Å². The van der Waals surface area contributed by atoms with Gasteiger partial charge >= 0.3 is 7.12 Å². The van der Waals surface area contributed by atoms with Crippen molar-refractivity contribution in [3.63, 3.8) is 0 Å². The van der Waals surface area contributed by atoms with Crippen LogP contribution in [0.3, 0.4) is 0 Å². The highest BCUT2D eigenvalue weighted by molar-refractivity contribution is 6.60. The molecule has 2 aliphatic heterocycles. The number of hydrogen-bond donors (Lipinski definition) is 3. The van der Waals surface area contributed by atoms with Crippen molar-refractivity contribution in [2.24, 2.45) is 0 Å². The molecule has 2 aromatic carbocycles. The Morgan fingerprint density at radius 2 is 2.19 bits per heavy atom. The summed E-state index contributed by atoms with van der Waals surface area (Å²) < 4.78 is 18.8. The van der Waals surface area contributed by atoms with Crippen molar-refractivity contribution in [3.8, 4) is 0 Å². The fraction of sp³-hybridized carbons (Fsp3) is 0.318. The van der Waals surface area contributed by atoms with E-state index in [0.29, 0.717) is 42.0 Å². The van der Waals surface area contributed by atoms with E-state index in [1.165, 1.54) is 12.1 Å². The molecule has 162 valence electrons. The van der Waals surface area contributed by atoms with Gasteiger partial charge in [0.05, 0.1) is 0 Å². The van der Waals surface area contributed by atoms with E-state index in [-0.39, 0.29) is 18.0 Å². The third-order valence-corrected chi connectivity index (χ3v) is 6.01. The molecule has 0 spiro atoms. The highest BCUT2D eigenvalue weighted by Crippen LogP contribution is 2.33. The van der Waals surface area contributed by atoms with Gasteiger partial charge in [-0.3, -0.25) is 4.79 Å². The summed E-state index contributed by atoms with van der Waals surface area (Å²) in [6.07, 6.45) is 2.51. The maximum absolute atomic E-state index is 13.6. The number of halogens is 2. The second-order valence-corrected chi connectivity index (χ2v) is 8.19. The van der Waals surface area contributed by atoms with Gasteiger partial charge in [-0.05, 0) is 60.3 Å². The summed E-state index contributed by atoms with van der Waals surface area (Å²) in [6, 6.07) is 9.56. The third kappa shape index (κ3) is 4.21. The maximum atomic E-state index is 13.6. The number of fused-ring (bicyclic) bond motifs is 1. The first-order valence-electron chi connectivity index (χ1n) is 10.1. The normalized spacial score (nSPS) is 21.5. The number of aliphatic hydroxyl groups is 1. The number of carbonyl (C=O) groups excluding carboxylic acids is 1. The van der Waals surface area contributed by atoms with Crippen LogP contribution in [0.1, 0.15) is 24.5 Å². The van der Waals surface area contributed by atoms with Crippen LogP contribution >= 0.6 is 11.6 Å². The zero-order valence-electron chi connectivity index (χ0n) is 17.1. The predicted molar refractivity (Wildman–Crippen MR) is 118 cm³/mol. The summed E-state index contributed by atoms with van der Waals surface area (Å²) in [6.45, 7) is 2.70. The third-order valence-electron chi connectivity index (χ3n) is 5.79. The lowest BCUT2D eigenvalue weighted by atomic mass is 9.73. The lowest BCUT2D eigenvalue weighted by Gasteiger charge is -2.27. The molecule has 2 heterocycles. The number of hydrogen-bond acceptors (Lipinski definition) is 5. The molecule has 9 heteroatoms. The van der Waals surface area contributed by atoms with Crippen LogP contribution in [0.15, 0.2) is 48.2 Å². The summed E-state index contributed by atoms with van der Waals surface area (Å²) in [7, 11) is -0.959. The topological polar surface area (TPSA) is 82.0 Å². The van der Waals surface area contributed by atoms with E-state index in [1.807, 2.05) is 6.07 Å². The van der Waals surface area contributed by atoms with Crippen LogP contribution in [-0.2, 0) is 22.4 Å². The molecule has 2 aliphatic rings. The smallest absolute Gasteiger partial charge is 0.423 e. The van der Waals surface area contributed by atoms with E-state index in [9.17, 15) is 19.3 Å². The molecule has 4 rings (SSSR count). The Balaban J connectivity index is 1.52. The van der Waals surface area contributed by atoms with E-state index in [0.717, 1.165) is 5.56 Å². The fourth-order valence-electron chi connectivity index (χ4n) is 4.19. The van der Waals surface area contributed by atoms with Gasteiger partial charge in [0.1, 0.15) is 5.82 Å². The number of anilines is 1. The Labute approximate surface area is 185 Å². The largest absolute Gasteiger partial charge is 0.491 e. The molecule has 0 radical (unpaired) electrons. The molecule has 0 bridgehead atoms. The first kappa shape index (κ1) is 21.8. The molecule has 1 fully saturated rings. The van der Waals surface area contributed by atoms with Gasteiger partial charge in [-0.15, -0.1) is 0 Å². The van der Waals surface area contributed by atoms with Crippen LogP contribution in [0.5, 0.6) is 0 Å². The van der Waals surface area contributed by atoms with E-state index in [1.54, 1.807) is 36.1 Å². The van der Waals surface area contributed by atoms with Crippen molar-refractivity contribution in [1.82, 2.24) is 5.32 Å². The highest BCUT2D eigenvalue weighted by atomic mass is 35.5. The summed E-state index contributed by atoms with van der Waals surface area (Å²) >= 11 is 5.91. The van der Waals surface area contributed by atoms with Gasteiger partial charge in [-0.2, -0.15) is 0 Å². The zero-order chi connectivity index (χ0) is 22.2. The van der Waals surface area contributed by atoms with Gasteiger partial charge in [0.25, 0.3) is 5.91 Å². The lowest BCUT2D eigenvalue weighted by molar-refractivity contribution is -0.130. The van der Waals surface area contributed by atoms with Gasteiger partial charge in [-0.25, -0.2) is 4.39 Å². The van der Waals surface area contributed by atoms with Gasteiger partial charge in [-0.1, -0.05) is 23.7 Å². The molecule has 6 nitrogen and oxygen atoms in total. The first-order valence-corrected chi connectivity index (χ1v) is 10.5. The number of rotatable bonds is 5. The molecule has 0 aliphatic carbocycles. The summed E-state index contributed by atoms with van der Waals surface area (Å²) in [5, 5.41) is 24.5. The molecule has 1 atom stereocenters. The molecule has 31 heavy (non-hydrogen) atoms. The minimum absolute atomic E-state index is 0.212. The Bertz CT molecular complexity index is 1030. The van der Waals surface area contributed by atoms with Crippen LogP contribution < -0.4 is 15.7 Å². The number of carbonyl (C=O) groups is 1. The number of allylic oxidation sites excluding steroid dienone is 1. The molecule has 0 aromatic heterocycles. The van der Waals surface area contributed by atoms with Crippen LogP contribution in [0, 0.1) is 5.82 Å². The summed E-state index contributed by atoms with van der Waals surface area (Å²) in [5.41, 5.74) is 1.55. The first-order chi connectivity index (χ1) is 14.8. The lowest BCUT2D eigenvalue weighted by Crippen LogP contribution is -2.46. The van der Waals surface area contributed by atoms with Gasteiger partial charge in [0.2, 0.25) is 0 Å². The van der Waals surface area contributed by atoms with E-state index in [4.69, 9.17) is 16.3 Å². The fourth-order valence-corrected chi connectivity index (χ4v) is 4.43. The quantitative estimate of drug-likeness (QED) is 0.614. The molecule has 1 saturated heterocycles. The van der Waals surface area contributed by atoms with Crippen LogP contribution in [-0.4, -0.2) is 41.9 Å². The maximum Gasteiger partial charge on any atom is 0.491 e. The van der Waals surface area contributed by atoms with E-state index < -0.39 is 24.4 Å². The molecule has 3 N–H and O–H groups in total. The number of benzene rings is 2. The predicted octanol–water partition coefficient (Wildman–Crippen LogP) is 1.90. The van der Waals surface area contributed by atoms with Gasteiger partial charge in [0, 0.05) is 42.5 Å². The number of amides is 1. The molecular formula is C22H23BClFN2O4. The van der Waals surface area contributed by atoms with Crippen molar-refractivity contribution in [2.45, 2.75) is 31.9 Å². The van der Waals surface area contributed by atoms with E-state index in [2.05, 4.69) is 5.32 Å². The second-order valence-electron chi connectivity index (χ2n) is 7.76. The van der Waals surface area contributed by atoms with Crippen molar-refractivity contribution >= 4 is 35.8 Å². The Kier molecular flexibility index (Phi) is 6.08. The number of nitrogens with zero attached hydrogens (tertiary/aromatic N) is 1. The Morgan fingerprint density at radius 3 is 2.94 bits per heavy atom.